The summed E-state index contributed by atoms with van der Waals surface area (Å²) in [5.74, 6) is -0.976. The molecule has 0 aliphatic rings. The fourth-order valence-corrected chi connectivity index (χ4v) is 2.59. The molecule has 2 aromatic rings. The lowest BCUT2D eigenvalue weighted by Crippen LogP contribution is -2.27. The average Bonchev–Trinajstić information content (AvgIpc) is 2.51. The van der Waals surface area contributed by atoms with Crippen LogP contribution in [0.4, 0.5) is 20.6 Å². The Bertz CT molecular complexity index is 779. The molecule has 25 heavy (non-hydrogen) atoms. The monoisotopic (exact) mass is 383 g/mol. The maximum Gasteiger partial charge on any atom is 0.323 e. The quantitative estimate of drug-likeness (QED) is 0.685. The van der Waals surface area contributed by atoms with E-state index in [4.69, 9.17) is 23.2 Å². The summed E-state index contributed by atoms with van der Waals surface area (Å²) in [5, 5.41) is 8.37. The second-order valence-corrected chi connectivity index (χ2v) is 6.06. The van der Waals surface area contributed by atoms with Gasteiger partial charge < -0.3 is 16.0 Å². The highest BCUT2D eigenvalue weighted by Crippen LogP contribution is 2.23. The predicted molar refractivity (Wildman–Crippen MR) is 98.1 cm³/mol. The van der Waals surface area contributed by atoms with Crippen molar-refractivity contribution >= 4 is 46.5 Å². The lowest BCUT2D eigenvalue weighted by Gasteiger charge is -2.12. The SMILES string of the molecule is CCCNC(=O)c1ccc(F)cc1NC(=O)Nc1cc(Cl)cc(Cl)c1. The Hall–Kier alpha value is -2.31. The number of carbonyl (C=O) groups is 2. The zero-order chi connectivity index (χ0) is 18.4. The molecule has 0 aliphatic carbocycles. The largest absolute Gasteiger partial charge is 0.352 e. The van der Waals surface area contributed by atoms with Crippen LogP contribution < -0.4 is 16.0 Å². The maximum atomic E-state index is 13.5. The van der Waals surface area contributed by atoms with E-state index in [1.165, 1.54) is 24.3 Å². The second-order valence-electron chi connectivity index (χ2n) is 5.18. The molecule has 5 nitrogen and oxygen atoms in total. The van der Waals surface area contributed by atoms with Crippen LogP contribution >= 0.6 is 23.2 Å². The van der Waals surface area contributed by atoms with E-state index < -0.39 is 17.8 Å². The number of urea groups is 1. The van der Waals surface area contributed by atoms with Crippen LogP contribution in [0.1, 0.15) is 23.7 Å². The average molecular weight is 384 g/mol. The van der Waals surface area contributed by atoms with Gasteiger partial charge in [0.25, 0.3) is 5.91 Å². The summed E-state index contributed by atoms with van der Waals surface area (Å²) in [4.78, 5) is 24.3. The highest BCUT2D eigenvalue weighted by Gasteiger charge is 2.14. The van der Waals surface area contributed by atoms with Crippen molar-refractivity contribution in [3.8, 4) is 0 Å². The third-order valence-corrected chi connectivity index (χ3v) is 3.57. The van der Waals surface area contributed by atoms with Crippen LogP contribution in [0.3, 0.4) is 0 Å². The Balaban J connectivity index is 2.16. The van der Waals surface area contributed by atoms with Gasteiger partial charge in [0.2, 0.25) is 0 Å². The fourth-order valence-electron chi connectivity index (χ4n) is 2.06. The van der Waals surface area contributed by atoms with Crippen LogP contribution in [0.25, 0.3) is 0 Å². The van der Waals surface area contributed by atoms with E-state index in [1.807, 2.05) is 6.92 Å². The lowest BCUT2D eigenvalue weighted by molar-refractivity contribution is 0.0954. The minimum absolute atomic E-state index is 0.0548. The fraction of sp³-hybridized carbons (Fsp3) is 0.176. The van der Waals surface area contributed by atoms with Crippen molar-refractivity contribution < 1.29 is 14.0 Å². The standard InChI is InChI=1S/C17H16Cl2FN3O2/c1-2-5-21-16(24)14-4-3-12(20)9-15(14)23-17(25)22-13-7-10(18)6-11(19)8-13/h3-4,6-9H,2,5H2,1H3,(H,21,24)(H2,22,23,25). The number of rotatable bonds is 5. The molecule has 132 valence electrons. The van der Waals surface area contributed by atoms with Crippen molar-refractivity contribution in [2.24, 2.45) is 0 Å². The van der Waals surface area contributed by atoms with Gasteiger partial charge in [-0.15, -0.1) is 0 Å². The minimum atomic E-state index is -0.659. The Labute approximate surface area is 154 Å². The predicted octanol–water partition coefficient (Wildman–Crippen LogP) is 4.92. The van der Waals surface area contributed by atoms with Crippen molar-refractivity contribution in [2.75, 3.05) is 17.2 Å². The number of carbonyl (C=O) groups excluding carboxylic acids is 2. The lowest BCUT2D eigenvalue weighted by atomic mass is 10.1. The third kappa shape index (κ3) is 5.62. The third-order valence-electron chi connectivity index (χ3n) is 3.13. The molecule has 3 N–H and O–H groups in total. The van der Waals surface area contributed by atoms with Gasteiger partial charge in [0, 0.05) is 22.3 Å². The van der Waals surface area contributed by atoms with Crippen molar-refractivity contribution in [1.82, 2.24) is 5.32 Å². The molecule has 2 aromatic carbocycles. The number of amides is 3. The van der Waals surface area contributed by atoms with Gasteiger partial charge in [0.1, 0.15) is 5.82 Å². The molecule has 0 bridgehead atoms. The number of nitrogens with one attached hydrogen (secondary N) is 3. The molecule has 0 saturated heterocycles. The normalized spacial score (nSPS) is 10.2. The van der Waals surface area contributed by atoms with E-state index in [9.17, 15) is 14.0 Å². The van der Waals surface area contributed by atoms with Crippen molar-refractivity contribution in [3.05, 3.63) is 57.8 Å². The van der Waals surface area contributed by atoms with E-state index in [-0.39, 0.29) is 11.3 Å². The van der Waals surface area contributed by atoms with Crippen molar-refractivity contribution in [1.29, 1.82) is 0 Å². The molecule has 3 amide bonds. The first-order valence-corrected chi connectivity index (χ1v) is 8.26. The summed E-state index contributed by atoms with van der Waals surface area (Å²) >= 11 is 11.7. The molecule has 0 aliphatic heterocycles. The zero-order valence-electron chi connectivity index (χ0n) is 13.3. The maximum absolute atomic E-state index is 13.5. The van der Waals surface area contributed by atoms with E-state index in [2.05, 4.69) is 16.0 Å². The Kier molecular flexibility index (Phi) is 6.61. The number of halogens is 3. The number of benzene rings is 2. The van der Waals surface area contributed by atoms with Crippen LogP contribution in [-0.2, 0) is 0 Å². The van der Waals surface area contributed by atoms with Crippen LogP contribution in [0, 0.1) is 5.82 Å². The Morgan fingerprint density at radius 2 is 1.72 bits per heavy atom. The molecule has 0 radical (unpaired) electrons. The molecular weight excluding hydrogens is 368 g/mol. The number of hydrogen-bond acceptors (Lipinski definition) is 2. The number of anilines is 2. The van der Waals surface area contributed by atoms with Gasteiger partial charge >= 0.3 is 6.03 Å². The number of hydrogen-bond donors (Lipinski definition) is 3. The highest BCUT2D eigenvalue weighted by atomic mass is 35.5. The van der Waals surface area contributed by atoms with Gasteiger partial charge in [-0.3, -0.25) is 4.79 Å². The van der Waals surface area contributed by atoms with E-state index in [0.717, 1.165) is 18.6 Å². The van der Waals surface area contributed by atoms with E-state index in [1.54, 1.807) is 0 Å². The zero-order valence-corrected chi connectivity index (χ0v) is 14.8. The Morgan fingerprint density at radius 3 is 2.36 bits per heavy atom. The summed E-state index contributed by atoms with van der Waals surface area (Å²) in [6, 6.07) is 7.42. The summed E-state index contributed by atoms with van der Waals surface area (Å²) in [6.45, 7) is 2.39. The summed E-state index contributed by atoms with van der Waals surface area (Å²) < 4.78 is 13.5. The van der Waals surface area contributed by atoms with Crippen LogP contribution in [0.2, 0.25) is 10.0 Å². The smallest absolute Gasteiger partial charge is 0.323 e. The van der Waals surface area contributed by atoms with Crippen LogP contribution in [-0.4, -0.2) is 18.5 Å². The molecule has 0 unspecified atom stereocenters. The molecule has 2 rings (SSSR count). The van der Waals surface area contributed by atoms with Gasteiger partial charge in [0.15, 0.2) is 0 Å². The molecule has 0 fully saturated rings. The first-order chi connectivity index (χ1) is 11.9. The summed E-state index contributed by atoms with van der Waals surface area (Å²) in [5.41, 5.74) is 0.580. The van der Waals surface area contributed by atoms with Gasteiger partial charge in [-0.05, 0) is 42.8 Å². The Morgan fingerprint density at radius 1 is 1.04 bits per heavy atom. The summed E-state index contributed by atoms with van der Waals surface area (Å²) in [6.07, 6.45) is 0.756. The molecule has 0 saturated carbocycles. The molecule has 8 heteroatoms. The minimum Gasteiger partial charge on any atom is -0.352 e. The van der Waals surface area contributed by atoms with Crippen LogP contribution in [0.5, 0.6) is 0 Å². The van der Waals surface area contributed by atoms with E-state index >= 15 is 0 Å². The van der Waals surface area contributed by atoms with Gasteiger partial charge in [-0.25, -0.2) is 9.18 Å². The first-order valence-electron chi connectivity index (χ1n) is 7.51. The second kappa shape index (κ2) is 8.69. The van der Waals surface area contributed by atoms with Gasteiger partial charge in [-0.2, -0.15) is 0 Å². The molecule has 0 heterocycles. The summed E-state index contributed by atoms with van der Waals surface area (Å²) in [7, 11) is 0. The molecular formula is C17H16Cl2FN3O2. The van der Waals surface area contributed by atoms with Gasteiger partial charge in [-0.1, -0.05) is 30.1 Å². The molecule has 0 aromatic heterocycles. The van der Waals surface area contributed by atoms with E-state index in [0.29, 0.717) is 22.3 Å². The van der Waals surface area contributed by atoms with Gasteiger partial charge in [0.05, 0.1) is 11.3 Å². The first kappa shape index (κ1) is 19.0. The van der Waals surface area contributed by atoms with Crippen LogP contribution in [0.15, 0.2) is 36.4 Å². The molecule has 0 spiro atoms. The topological polar surface area (TPSA) is 70.2 Å². The molecule has 0 atom stereocenters. The van der Waals surface area contributed by atoms with Crippen molar-refractivity contribution in [2.45, 2.75) is 13.3 Å². The highest BCUT2D eigenvalue weighted by molar-refractivity contribution is 6.35. The van der Waals surface area contributed by atoms with Crippen molar-refractivity contribution in [3.63, 3.8) is 0 Å².